The summed E-state index contributed by atoms with van der Waals surface area (Å²) >= 11 is 6.09. The Morgan fingerprint density at radius 2 is 2.14 bits per heavy atom. The van der Waals surface area contributed by atoms with Crippen LogP contribution in [0.15, 0.2) is 12.1 Å². The first-order valence-electron chi connectivity index (χ1n) is 6.92. The van der Waals surface area contributed by atoms with E-state index in [9.17, 15) is 4.79 Å². The Bertz CT molecular complexity index is 478. The Kier molecular flexibility index (Phi) is 7.32. The van der Waals surface area contributed by atoms with Crippen LogP contribution in [-0.2, 0) is 11.3 Å². The van der Waals surface area contributed by atoms with Crippen LogP contribution in [0.1, 0.15) is 25.8 Å². The molecule has 0 aliphatic carbocycles. The quantitative estimate of drug-likeness (QED) is 0.734. The fourth-order valence-electron chi connectivity index (χ4n) is 1.82. The van der Waals surface area contributed by atoms with E-state index in [0.29, 0.717) is 29.0 Å². The summed E-state index contributed by atoms with van der Waals surface area (Å²) in [7, 11) is 1.55. The molecule has 1 aromatic rings. The highest BCUT2D eigenvalue weighted by atomic mass is 35.5. The minimum atomic E-state index is -0.401. The van der Waals surface area contributed by atoms with Crippen LogP contribution >= 0.6 is 11.6 Å². The molecule has 0 atom stereocenters. The van der Waals surface area contributed by atoms with Gasteiger partial charge in [-0.1, -0.05) is 25.4 Å². The Hall–Kier alpha value is -1.46. The number of halogens is 1. The van der Waals surface area contributed by atoms with Gasteiger partial charge in [0.2, 0.25) is 5.91 Å². The van der Waals surface area contributed by atoms with Crippen LogP contribution < -0.4 is 20.5 Å². The highest BCUT2D eigenvalue weighted by molar-refractivity contribution is 6.30. The number of benzene rings is 1. The first kappa shape index (κ1) is 17.6. The maximum absolute atomic E-state index is 10.8. The summed E-state index contributed by atoms with van der Waals surface area (Å²) in [5, 5.41) is 3.91. The Morgan fingerprint density at radius 3 is 2.71 bits per heavy atom. The number of carbonyl (C=O) groups excluding carboxylic acids is 1. The number of ether oxygens (including phenoxy) is 2. The maximum Gasteiger partial charge on any atom is 0.220 e. The molecule has 0 aliphatic rings. The van der Waals surface area contributed by atoms with Crippen LogP contribution in [-0.4, -0.2) is 26.2 Å². The Labute approximate surface area is 130 Å². The average molecular weight is 315 g/mol. The van der Waals surface area contributed by atoms with E-state index < -0.39 is 5.91 Å². The van der Waals surface area contributed by atoms with Crippen LogP contribution in [0.3, 0.4) is 0 Å². The second-order valence-electron chi connectivity index (χ2n) is 5.19. The van der Waals surface area contributed by atoms with Gasteiger partial charge in [0.1, 0.15) is 0 Å². The number of primary amides is 1. The number of hydrogen-bond acceptors (Lipinski definition) is 4. The van der Waals surface area contributed by atoms with E-state index in [0.717, 1.165) is 12.1 Å². The van der Waals surface area contributed by atoms with Crippen molar-refractivity contribution in [2.24, 2.45) is 11.7 Å². The van der Waals surface area contributed by atoms with Gasteiger partial charge < -0.3 is 20.5 Å². The van der Waals surface area contributed by atoms with E-state index in [2.05, 4.69) is 19.2 Å². The zero-order valence-electron chi connectivity index (χ0n) is 12.7. The lowest BCUT2D eigenvalue weighted by atomic mass is 10.1. The van der Waals surface area contributed by atoms with E-state index in [1.165, 1.54) is 0 Å². The number of rotatable bonds is 9. The number of methoxy groups -OCH3 is 1. The summed E-state index contributed by atoms with van der Waals surface area (Å²) in [4.78, 5) is 10.8. The standard InChI is InChI=1S/C15H23ClN2O3/c1-10(2)8-18-9-11-6-12(16)7-13(20-3)15(11)21-5-4-14(17)19/h6-7,10,18H,4-5,8-9H2,1-3H3,(H2,17,19). The number of amides is 1. The van der Waals surface area contributed by atoms with Gasteiger partial charge in [0.15, 0.2) is 11.5 Å². The topological polar surface area (TPSA) is 73.6 Å². The molecule has 0 radical (unpaired) electrons. The van der Waals surface area contributed by atoms with Gasteiger partial charge in [0, 0.05) is 23.2 Å². The summed E-state index contributed by atoms with van der Waals surface area (Å²) < 4.78 is 11.0. The molecule has 0 saturated carbocycles. The van der Waals surface area contributed by atoms with Gasteiger partial charge in [0.25, 0.3) is 0 Å². The van der Waals surface area contributed by atoms with Crippen LogP contribution in [0.2, 0.25) is 5.02 Å². The highest BCUT2D eigenvalue weighted by Crippen LogP contribution is 2.34. The lowest BCUT2D eigenvalue weighted by Crippen LogP contribution is -2.20. The van der Waals surface area contributed by atoms with Gasteiger partial charge in [-0.15, -0.1) is 0 Å². The van der Waals surface area contributed by atoms with Crippen LogP contribution in [0, 0.1) is 5.92 Å². The summed E-state index contributed by atoms with van der Waals surface area (Å²) in [5.41, 5.74) is 6.01. The number of carbonyl (C=O) groups is 1. The molecule has 0 fully saturated rings. The lowest BCUT2D eigenvalue weighted by Gasteiger charge is -2.16. The molecule has 6 heteroatoms. The third kappa shape index (κ3) is 6.23. The van der Waals surface area contributed by atoms with E-state index in [4.69, 9.17) is 26.8 Å². The fraction of sp³-hybridized carbons (Fsp3) is 0.533. The van der Waals surface area contributed by atoms with Crippen molar-refractivity contribution in [1.82, 2.24) is 5.32 Å². The zero-order valence-corrected chi connectivity index (χ0v) is 13.5. The number of nitrogens with two attached hydrogens (primary N) is 1. The van der Waals surface area contributed by atoms with Gasteiger partial charge in [-0.05, 0) is 18.5 Å². The molecule has 1 rings (SSSR count). The van der Waals surface area contributed by atoms with Crippen molar-refractivity contribution in [3.05, 3.63) is 22.7 Å². The maximum atomic E-state index is 10.8. The number of hydrogen-bond donors (Lipinski definition) is 2. The van der Waals surface area contributed by atoms with E-state index in [1.54, 1.807) is 13.2 Å². The largest absolute Gasteiger partial charge is 0.493 e. The fourth-order valence-corrected chi connectivity index (χ4v) is 2.05. The van der Waals surface area contributed by atoms with Crippen molar-refractivity contribution in [2.45, 2.75) is 26.8 Å². The Balaban J connectivity index is 2.85. The zero-order chi connectivity index (χ0) is 15.8. The second kappa shape index (κ2) is 8.74. The van der Waals surface area contributed by atoms with E-state index in [-0.39, 0.29) is 13.0 Å². The third-order valence-electron chi connectivity index (χ3n) is 2.78. The predicted octanol–water partition coefficient (Wildman–Crippen LogP) is 2.35. The summed E-state index contributed by atoms with van der Waals surface area (Å²) in [6.07, 6.45) is 0.157. The van der Waals surface area contributed by atoms with Crippen molar-refractivity contribution in [3.8, 4) is 11.5 Å². The molecule has 3 N–H and O–H groups in total. The molecule has 0 saturated heterocycles. The van der Waals surface area contributed by atoms with Crippen molar-refractivity contribution in [1.29, 1.82) is 0 Å². The SMILES string of the molecule is COc1cc(Cl)cc(CNCC(C)C)c1OCCC(N)=O. The molecule has 0 aromatic heterocycles. The van der Waals surface area contributed by atoms with Gasteiger partial charge in [0.05, 0.1) is 20.1 Å². The molecule has 0 heterocycles. The molecule has 5 nitrogen and oxygen atoms in total. The third-order valence-corrected chi connectivity index (χ3v) is 3.00. The first-order chi connectivity index (χ1) is 9.93. The number of nitrogens with one attached hydrogen (secondary N) is 1. The van der Waals surface area contributed by atoms with Crippen LogP contribution in [0.25, 0.3) is 0 Å². The summed E-state index contributed by atoms with van der Waals surface area (Å²) in [6, 6.07) is 3.52. The molecule has 0 unspecified atom stereocenters. The van der Waals surface area contributed by atoms with E-state index >= 15 is 0 Å². The summed E-state index contributed by atoms with van der Waals surface area (Å²) in [6.45, 7) is 5.98. The van der Waals surface area contributed by atoms with Gasteiger partial charge >= 0.3 is 0 Å². The van der Waals surface area contributed by atoms with Crippen molar-refractivity contribution < 1.29 is 14.3 Å². The van der Waals surface area contributed by atoms with E-state index in [1.807, 2.05) is 6.07 Å². The predicted molar refractivity (Wildman–Crippen MR) is 83.9 cm³/mol. The minimum Gasteiger partial charge on any atom is -0.493 e. The first-order valence-corrected chi connectivity index (χ1v) is 7.30. The highest BCUT2D eigenvalue weighted by Gasteiger charge is 2.13. The average Bonchev–Trinajstić information content (AvgIpc) is 2.39. The second-order valence-corrected chi connectivity index (χ2v) is 5.62. The van der Waals surface area contributed by atoms with Crippen LogP contribution in [0.4, 0.5) is 0 Å². The molecular weight excluding hydrogens is 292 g/mol. The normalized spacial score (nSPS) is 10.7. The molecular formula is C15H23ClN2O3. The van der Waals surface area contributed by atoms with Crippen molar-refractivity contribution in [3.63, 3.8) is 0 Å². The molecule has 1 aromatic carbocycles. The van der Waals surface area contributed by atoms with Crippen molar-refractivity contribution in [2.75, 3.05) is 20.3 Å². The van der Waals surface area contributed by atoms with Crippen LogP contribution in [0.5, 0.6) is 11.5 Å². The monoisotopic (exact) mass is 314 g/mol. The van der Waals surface area contributed by atoms with Gasteiger partial charge in [-0.3, -0.25) is 4.79 Å². The molecule has 0 aliphatic heterocycles. The minimum absolute atomic E-state index is 0.157. The molecule has 0 bridgehead atoms. The summed E-state index contributed by atoms with van der Waals surface area (Å²) in [5.74, 6) is 1.29. The van der Waals surface area contributed by atoms with Gasteiger partial charge in [-0.2, -0.15) is 0 Å². The molecule has 21 heavy (non-hydrogen) atoms. The Morgan fingerprint density at radius 1 is 1.43 bits per heavy atom. The molecule has 1 amide bonds. The van der Waals surface area contributed by atoms with Crippen molar-refractivity contribution >= 4 is 17.5 Å². The molecule has 118 valence electrons. The lowest BCUT2D eigenvalue weighted by molar-refractivity contribution is -0.118. The van der Waals surface area contributed by atoms with Gasteiger partial charge in [-0.25, -0.2) is 0 Å². The smallest absolute Gasteiger partial charge is 0.220 e. The molecule has 0 spiro atoms.